The van der Waals surface area contributed by atoms with Gasteiger partial charge in [0, 0.05) is 21.7 Å². The molecule has 0 aliphatic carbocycles. The van der Waals surface area contributed by atoms with E-state index in [0.29, 0.717) is 5.75 Å². The molecule has 0 fully saturated rings. The van der Waals surface area contributed by atoms with Gasteiger partial charge >= 0.3 is 0 Å². The second kappa shape index (κ2) is 7.08. The fraction of sp³-hybridized carbons (Fsp3) is 0.200. The summed E-state index contributed by atoms with van der Waals surface area (Å²) in [5, 5.41) is 3.11. The van der Waals surface area contributed by atoms with Crippen LogP contribution in [0, 0.1) is 5.82 Å². The van der Waals surface area contributed by atoms with Gasteiger partial charge in [0.2, 0.25) is 0 Å². The molecule has 0 aliphatic rings. The number of rotatable bonds is 5. The summed E-state index contributed by atoms with van der Waals surface area (Å²) in [4.78, 5) is 1.15. The Balaban J connectivity index is 1.98. The van der Waals surface area contributed by atoms with Crippen LogP contribution < -0.4 is 5.32 Å². The van der Waals surface area contributed by atoms with Crippen LogP contribution in [-0.4, -0.2) is 7.05 Å². The lowest BCUT2D eigenvalue weighted by atomic mass is 10.2. The second-order valence-electron chi connectivity index (χ2n) is 4.20. The molecule has 1 N–H and O–H groups in total. The summed E-state index contributed by atoms with van der Waals surface area (Å²) in [7, 11) is 1.93. The molecule has 19 heavy (non-hydrogen) atoms. The van der Waals surface area contributed by atoms with E-state index in [1.54, 1.807) is 11.8 Å². The molecule has 4 heteroatoms. The van der Waals surface area contributed by atoms with Crippen LogP contribution >= 0.6 is 27.7 Å². The highest BCUT2D eigenvalue weighted by Crippen LogP contribution is 2.25. The first kappa shape index (κ1) is 14.6. The van der Waals surface area contributed by atoms with Crippen molar-refractivity contribution >= 4 is 27.7 Å². The first-order valence-corrected chi connectivity index (χ1v) is 7.77. The third-order valence-corrected chi connectivity index (χ3v) is 4.27. The lowest BCUT2D eigenvalue weighted by molar-refractivity contribution is 0.616. The van der Waals surface area contributed by atoms with Gasteiger partial charge in [0.1, 0.15) is 5.82 Å². The molecule has 0 atom stereocenters. The van der Waals surface area contributed by atoms with E-state index < -0.39 is 0 Å². The van der Waals surface area contributed by atoms with E-state index in [2.05, 4.69) is 45.5 Å². The van der Waals surface area contributed by atoms with Crippen molar-refractivity contribution in [3.63, 3.8) is 0 Å². The average Bonchev–Trinajstić information content (AvgIpc) is 2.40. The molecule has 0 aliphatic heterocycles. The predicted octanol–water partition coefficient (Wildman–Crippen LogP) is 4.60. The van der Waals surface area contributed by atoms with Crippen molar-refractivity contribution in [2.45, 2.75) is 17.2 Å². The Morgan fingerprint density at radius 1 is 1.16 bits per heavy atom. The Hall–Kier alpha value is -0.840. The molecule has 0 unspecified atom stereocenters. The van der Waals surface area contributed by atoms with Gasteiger partial charge in [0.15, 0.2) is 0 Å². The van der Waals surface area contributed by atoms with Crippen LogP contribution in [0.4, 0.5) is 4.39 Å². The zero-order chi connectivity index (χ0) is 13.7. The van der Waals surface area contributed by atoms with E-state index in [9.17, 15) is 4.39 Å². The van der Waals surface area contributed by atoms with Crippen molar-refractivity contribution in [3.05, 3.63) is 63.9 Å². The molecule has 1 nitrogen and oxygen atoms in total. The van der Waals surface area contributed by atoms with E-state index in [1.165, 1.54) is 11.6 Å². The maximum Gasteiger partial charge on any atom is 0.128 e. The number of halogens is 2. The summed E-state index contributed by atoms with van der Waals surface area (Å²) >= 11 is 4.91. The average molecular weight is 340 g/mol. The van der Waals surface area contributed by atoms with Crippen LogP contribution in [0.5, 0.6) is 0 Å². The van der Waals surface area contributed by atoms with Gasteiger partial charge in [-0.15, -0.1) is 11.8 Å². The van der Waals surface area contributed by atoms with Crippen molar-refractivity contribution in [1.82, 2.24) is 5.32 Å². The minimum Gasteiger partial charge on any atom is -0.316 e. The second-order valence-corrected chi connectivity index (χ2v) is 6.16. The summed E-state index contributed by atoms with van der Waals surface area (Å²) in [5.74, 6) is 0.485. The topological polar surface area (TPSA) is 12.0 Å². The smallest absolute Gasteiger partial charge is 0.128 e. The molecule has 0 heterocycles. The molecule has 0 amide bonds. The molecule has 0 aromatic heterocycles. The molecular weight excluding hydrogens is 325 g/mol. The van der Waals surface area contributed by atoms with Gasteiger partial charge in [-0.25, -0.2) is 4.39 Å². The third-order valence-electron chi connectivity index (χ3n) is 2.71. The van der Waals surface area contributed by atoms with Gasteiger partial charge in [-0.1, -0.05) is 34.1 Å². The highest BCUT2D eigenvalue weighted by molar-refractivity contribution is 9.10. The summed E-state index contributed by atoms with van der Waals surface area (Å²) in [6.07, 6.45) is 0. The van der Waals surface area contributed by atoms with Crippen molar-refractivity contribution in [3.8, 4) is 0 Å². The van der Waals surface area contributed by atoms with Gasteiger partial charge in [-0.3, -0.25) is 0 Å². The summed E-state index contributed by atoms with van der Waals surface area (Å²) in [6.45, 7) is 0.867. The normalized spacial score (nSPS) is 10.7. The van der Waals surface area contributed by atoms with Crippen LogP contribution in [0.3, 0.4) is 0 Å². The Labute approximate surface area is 125 Å². The van der Waals surface area contributed by atoms with Gasteiger partial charge in [0.25, 0.3) is 0 Å². The van der Waals surface area contributed by atoms with E-state index in [1.807, 2.05) is 19.2 Å². The van der Waals surface area contributed by atoms with E-state index in [4.69, 9.17) is 0 Å². The molecule has 0 saturated heterocycles. The molecule has 0 spiro atoms. The lowest BCUT2D eigenvalue weighted by Gasteiger charge is -2.05. The van der Waals surface area contributed by atoms with Gasteiger partial charge in [-0.05, 0) is 42.4 Å². The molecular formula is C15H15BrFNS. The molecule has 0 bridgehead atoms. The van der Waals surface area contributed by atoms with Crippen LogP contribution in [0.25, 0.3) is 0 Å². The first-order chi connectivity index (χ1) is 9.19. The largest absolute Gasteiger partial charge is 0.316 e. The maximum absolute atomic E-state index is 13.7. The Morgan fingerprint density at radius 3 is 2.53 bits per heavy atom. The van der Waals surface area contributed by atoms with Crippen molar-refractivity contribution in [2.75, 3.05) is 7.05 Å². The molecule has 2 aromatic carbocycles. The molecule has 2 aromatic rings. The highest BCUT2D eigenvalue weighted by atomic mass is 79.9. The van der Waals surface area contributed by atoms with Crippen molar-refractivity contribution < 1.29 is 4.39 Å². The van der Waals surface area contributed by atoms with Gasteiger partial charge < -0.3 is 5.32 Å². The first-order valence-electron chi connectivity index (χ1n) is 5.99. The quantitative estimate of drug-likeness (QED) is 0.799. The summed E-state index contributed by atoms with van der Waals surface area (Å²) < 4.78 is 14.4. The third kappa shape index (κ3) is 4.34. The molecule has 2 rings (SSSR count). The van der Waals surface area contributed by atoms with Crippen LogP contribution in [0.1, 0.15) is 11.1 Å². The fourth-order valence-corrected chi connectivity index (χ4v) is 2.93. The SMILES string of the molecule is CNCc1ccc(SCc2ccc(Br)cc2F)cc1. The van der Waals surface area contributed by atoms with Crippen LogP contribution in [-0.2, 0) is 12.3 Å². The summed E-state index contributed by atoms with van der Waals surface area (Å²) in [6, 6.07) is 13.5. The zero-order valence-electron chi connectivity index (χ0n) is 10.6. The van der Waals surface area contributed by atoms with Gasteiger partial charge in [-0.2, -0.15) is 0 Å². The maximum atomic E-state index is 13.7. The Bertz CT molecular complexity index is 542. The zero-order valence-corrected chi connectivity index (χ0v) is 13.0. The predicted molar refractivity (Wildman–Crippen MR) is 82.9 cm³/mol. The van der Waals surface area contributed by atoms with Gasteiger partial charge in [0.05, 0.1) is 0 Å². The Kier molecular flexibility index (Phi) is 5.43. The minimum absolute atomic E-state index is 0.159. The number of hydrogen-bond donors (Lipinski definition) is 1. The number of nitrogens with one attached hydrogen (secondary N) is 1. The molecule has 100 valence electrons. The van der Waals surface area contributed by atoms with E-state index >= 15 is 0 Å². The molecule has 0 radical (unpaired) electrons. The van der Waals surface area contributed by atoms with Crippen LogP contribution in [0.2, 0.25) is 0 Å². The summed E-state index contributed by atoms with van der Waals surface area (Å²) in [5.41, 5.74) is 1.98. The standard InChI is InChI=1S/C15H15BrFNS/c1-18-9-11-2-6-14(7-3-11)19-10-12-4-5-13(16)8-15(12)17/h2-8,18H,9-10H2,1H3. The monoisotopic (exact) mass is 339 g/mol. The van der Waals surface area contributed by atoms with Crippen molar-refractivity contribution in [2.24, 2.45) is 0 Å². The number of hydrogen-bond acceptors (Lipinski definition) is 2. The van der Waals surface area contributed by atoms with E-state index in [-0.39, 0.29) is 5.82 Å². The number of benzene rings is 2. The fourth-order valence-electron chi connectivity index (χ4n) is 1.71. The number of thioether (sulfide) groups is 1. The van der Waals surface area contributed by atoms with Crippen LogP contribution in [0.15, 0.2) is 51.8 Å². The minimum atomic E-state index is -0.159. The molecule has 0 saturated carbocycles. The van der Waals surface area contributed by atoms with E-state index in [0.717, 1.165) is 21.5 Å². The highest BCUT2D eigenvalue weighted by Gasteiger charge is 2.03. The lowest BCUT2D eigenvalue weighted by Crippen LogP contribution is -2.04. The Morgan fingerprint density at radius 2 is 1.89 bits per heavy atom. The van der Waals surface area contributed by atoms with Crippen molar-refractivity contribution in [1.29, 1.82) is 0 Å².